The summed E-state index contributed by atoms with van der Waals surface area (Å²) in [6.45, 7) is 1.98. The Hall–Kier alpha value is -0.720. The van der Waals surface area contributed by atoms with Crippen LogP contribution in [0.2, 0.25) is 0 Å². The maximum Gasteiger partial charge on any atom is 0.399 e. The van der Waals surface area contributed by atoms with E-state index in [2.05, 4.69) is 28.1 Å². The van der Waals surface area contributed by atoms with E-state index in [0.29, 0.717) is 0 Å². The molecule has 2 rings (SSSR count). The Labute approximate surface area is 164 Å². The fourth-order valence-corrected chi connectivity index (χ4v) is 4.77. The van der Waals surface area contributed by atoms with Crippen LogP contribution in [-0.2, 0) is 16.6 Å². The molecular weight excluding hydrogens is 445 g/mol. The van der Waals surface area contributed by atoms with Crippen molar-refractivity contribution < 1.29 is 23.1 Å². The molecule has 8 heteroatoms. The third-order valence-electron chi connectivity index (χ3n) is 3.97. The van der Waals surface area contributed by atoms with Gasteiger partial charge in [0.2, 0.25) is 0 Å². The van der Waals surface area contributed by atoms with Gasteiger partial charge < -0.3 is 9.79 Å². The molecular formula is C18H20BrF2O3PS. The molecule has 1 atom stereocenters. The van der Waals surface area contributed by atoms with Crippen LogP contribution < -0.4 is 0 Å². The van der Waals surface area contributed by atoms with Crippen molar-refractivity contribution in [3.8, 4) is 0 Å². The SMILES string of the molecule is CC(SCCCc1ccccc1)c1ccc(C(F)(F)P(=O)(O)O)c(Br)c1. The molecule has 0 spiro atoms. The zero-order valence-corrected chi connectivity index (χ0v) is 17.4. The molecule has 2 N–H and O–H groups in total. The number of hydrogen-bond donors (Lipinski definition) is 2. The topological polar surface area (TPSA) is 57.5 Å². The number of rotatable bonds is 8. The number of benzene rings is 2. The first-order chi connectivity index (χ1) is 12.1. The molecule has 3 nitrogen and oxygen atoms in total. The molecule has 0 aliphatic heterocycles. The zero-order valence-electron chi connectivity index (χ0n) is 14.1. The quantitative estimate of drug-likeness (QED) is 0.365. The van der Waals surface area contributed by atoms with Crippen molar-refractivity contribution in [2.75, 3.05) is 5.75 Å². The van der Waals surface area contributed by atoms with E-state index in [1.54, 1.807) is 11.8 Å². The first-order valence-corrected chi connectivity index (χ1v) is 11.5. The summed E-state index contributed by atoms with van der Waals surface area (Å²) in [6.07, 6.45) is 1.99. The van der Waals surface area contributed by atoms with Crippen molar-refractivity contribution in [3.63, 3.8) is 0 Å². The Morgan fingerprint density at radius 2 is 1.85 bits per heavy atom. The van der Waals surface area contributed by atoms with Gasteiger partial charge in [0.1, 0.15) is 0 Å². The van der Waals surface area contributed by atoms with Crippen LogP contribution in [0.3, 0.4) is 0 Å². The van der Waals surface area contributed by atoms with Crippen molar-refractivity contribution in [1.82, 2.24) is 0 Å². The predicted molar refractivity (Wildman–Crippen MR) is 106 cm³/mol. The fraction of sp³-hybridized carbons (Fsp3) is 0.333. The third-order valence-corrected chi connectivity index (χ3v) is 6.90. The van der Waals surface area contributed by atoms with Crippen LogP contribution in [0, 0.1) is 0 Å². The Morgan fingerprint density at radius 1 is 1.19 bits per heavy atom. The van der Waals surface area contributed by atoms with Gasteiger partial charge in [-0.1, -0.05) is 58.4 Å². The average Bonchev–Trinajstić information content (AvgIpc) is 2.58. The molecule has 2 aromatic carbocycles. The molecule has 0 saturated heterocycles. The lowest BCUT2D eigenvalue weighted by atomic mass is 10.1. The highest BCUT2D eigenvalue weighted by molar-refractivity contribution is 9.10. The highest BCUT2D eigenvalue weighted by Crippen LogP contribution is 2.60. The van der Waals surface area contributed by atoms with Gasteiger partial charge in [0.15, 0.2) is 0 Å². The van der Waals surface area contributed by atoms with Crippen LogP contribution >= 0.6 is 35.3 Å². The molecule has 0 bridgehead atoms. The Bertz CT molecular complexity index is 783. The van der Waals surface area contributed by atoms with Gasteiger partial charge >= 0.3 is 13.3 Å². The molecule has 0 aliphatic carbocycles. The minimum absolute atomic E-state index is 0.0000561. The van der Waals surface area contributed by atoms with E-state index in [1.165, 1.54) is 17.7 Å². The Morgan fingerprint density at radius 3 is 2.42 bits per heavy atom. The summed E-state index contributed by atoms with van der Waals surface area (Å²) in [5.74, 6) is 0.925. The lowest BCUT2D eigenvalue weighted by molar-refractivity contribution is 0.0557. The van der Waals surface area contributed by atoms with Crippen LogP contribution in [0.15, 0.2) is 53.0 Å². The van der Waals surface area contributed by atoms with Gasteiger partial charge in [-0.25, -0.2) is 0 Å². The van der Waals surface area contributed by atoms with Crippen molar-refractivity contribution in [3.05, 3.63) is 69.7 Å². The van der Waals surface area contributed by atoms with E-state index in [0.717, 1.165) is 30.2 Å². The maximum absolute atomic E-state index is 13.9. The first kappa shape index (κ1) is 21.6. The van der Waals surface area contributed by atoms with E-state index in [9.17, 15) is 13.3 Å². The number of aryl methyl sites for hydroxylation is 1. The summed E-state index contributed by atoms with van der Waals surface area (Å²) >= 11 is 4.74. The van der Waals surface area contributed by atoms with Crippen LogP contribution in [0.4, 0.5) is 8.78 Å². The third kappa shape index (κ3) is 5.40. The van der Waals surface area contributed by atoms with Gasteiger partial charge in [0, 0.05) is 15.3 Å². The summed E-state index contributed by atoms with van der Waals surface area (Å²) in [4.78, 5) is 17.8. The molecule has 142 valence electrons. The smallest absolute Gasteiger partial charge is 0.320 e. The molecule has 0 fully saturated rings. The van der Waals surface area contributed by atoms with Gasteiger partial charge in [-0.3, -0.25) is 4.57 Å². The fourth-order valence-electron chi connectivity index (χ4n) is 2.46. The molecule has 0 amide bonds. The largest absolute Gasteiger partial charge is 0.399 e. The minimum Gasteiger partial charge on any atom is -0.320 e. The predicted octanol–water partition coefficient (Wildman–Crippen LogP) is 6.10. The lowest BCUT2D eigenvalue weighted by Gasteiger charge is -2.20. The van der Waals surface area contributed by atoms with E-state index in [1.807, 2.05) is 25.1 Å². The van der Waals surface area contributed by atoms with Crippen LogP contribution in [0.1, 0.15) is 35.3 Å². The molecule has 2 aromatic rings. The van der Waals surface area contributed by atoms with Gasteiger partial charge in [0.25, 0.3) is 0 Å². The first-order valence-electron chi connectivity index (χ1n) is 8.02. The Kier molecular flexibility index (Phi) is 7.45. The Balaban J connectivity index is 1.96. The number of alkyl halides is 2. The van der Waals surface area contributed by atoms with Gasteiger partial charge in [0.05, 0.1) is 0 Å². The molecule has 1 unspecified atom stereocenters. The van der Waals surface area contributed by atoms with E-state index < -0.39 is 18.8 Å². The number of hydrogen-bond acceptors (Lipinski definition) is 2. The monoisotopic (exact) mass is 464 g/mol. The van der Waals surface area contributed by atoms with Gasteiger partial charge in [-0.15, -0.1) is 0 Å². The zero-order chi connectivity index (χ0) is 19.4. The summed E-state index contributed by atoms with van der Waals surface area (Å²) in [7, 11) is -5.58. The van der Waals surface area contributed by atoms with Crippen LogP contribution in [0.25, 0.3) is 0 Å². The maximum atomic E-state index is 13.9. The second-order valence-electron chi connectivity index (χ2n) is 5.93. The van der Waals surface area contributed by atoms with E-state index in [4.69, 9.17) is 9.79 Å². The molecule has 0 aromatic heterocycles. The van der Waals surface area contributed by atoms with Gasteiger partial charge in [-0.2, -0.15) is 20.5 Å². The van der Waals surface area contributed by atoms with Crippen molar-refractivity contribution in [1.29, 1.82) is 0 Å². The van der Waals surface area contributed by atoms with Crippen molar-refractivity contribution in [2.45, 2.75) is 30.7 Å². The summed E-state index contributed by atoms with van der Waals surface area (Å²) in [5, 5.41) is 0.0832. The molecule has 0 aliphatic rings. The highest BCUT2D eigenvalue weighted by Gasteiger charge is 2.51. The average molecular weight is 465 g/mol. The highest BCUT2D eigenvalue weighted by atomic mass is 79.9. The number of halogens is 3. The van der Waals surface area contributed by atoms with Gasteiger partial charge in [-0.05, 0) is 42.7 Å². The van der Waals surface area contributed by atoms with Crippen LogP contribution in [-0.4, -0.2) is 15.5 Å². The second kappa shape index (κ2) is 8.98. The summed E-state index contributed by atoms with van der Waals surface area (Å²) < 4.78 is 38.8. The molecule has 0 radical (unpaired) electrons. The molecule has 0 heterocycles. The van der Waals surface area contributed by atoms with Crippen LogP contribution in [0.5, 0.6) is 0 Å². The summed E-state index contributed by atoms with van der Waals surface area (Å²) in [5.41, 5.74) is -2.80. The van der Waals surface area contributed by atoms with Crippen molar-refractivity contribution >= 4 is 35.3 Å². The minimum atomic E-state index is -5.58. The molecule has 0 saturated carbocycles. The standard InChI is InChI=1S/C18H20BrF2O3PS/c1-13(26-11-5-8-14-6-3-2-4-7-14)15-9-10-16(17(19)12-15)18(20,21)25(22,23)24/h2-4,6-7,9-10,12-13H,5,8,11H2,1H3,(H2,22,23,24). The normalized spacial score (nSPS) is 13.6. The second-order valence-corrected chi connectivity index (χ2v) is 9.88. The molecule has 26 heavy (non-hydrogen) atoms. The van der Waals surface area contributed by atoms with E-state index >= 15 is 0 Å². The van der Waals surface area contributed by atoms with Crippen molar-refractivity contribution in [2.24, 2.45) is 0 Å². The summed E-state index contributed by atoms with van der Waals surface area (Å²) in [6, 6.07) is 14.3. The van der Waals surface area contributed by atoms with E-state index in [-0.39, 0.29) is 9.72 Å². The number of thioether (sulfide) groups is 1. The lowest BCUT2D eigenvalue weighted by Crippen LogP contribution is -2.14.